The van der Waals surface area contributed by atoms with Gasteiger partial charge in [-0.15, -0.1) is 0 Å². The van der Waals surface area contributed by atoms with Gasteiger partial charge in [0.2, 0.25) is 0 Å². The average Bonchev–Trinajstić information content (AvgIpc) is 2.29. The van der Waals surface area contributed by atoms with Crippen LogP contribution in [0.4, 0.5) is 0 Å². The normalized spacial score (nSPS) is 9.60. The minimum atomic E-state index is 0.552. The first kappa shape index (κ1) is 9.35. The zero-order chi connectivity index (χ0) is 10.7. The second-order valence-corrected chi connectivity index (χ2v) is 3.29. The highest BCUT2D eigenvalue weighted by molar-refractivity contribution is 5.60. The second kappa shape index (κ2) is 3.89. The van der Waals surface area contributed by atoms with Gasteiger partial charge in [0, 0.05) is 24.2 Å². The number of nitriles is 1. The van der Waals surface area contributed by atoms with Crippen LogP contribution in [-0.4, -0.2) is 9.97 Å². The van der Waals surface area contributed by atoms with Crippen LogP contribution in [0.25, 0.3) is 11.3 Å². The zero-order valence-electron chi connectivity index (χ0n) is 8.31. The third-order valence-corrected chi connectivity index (χ3v) is 2.08. The number of aromatic nitrogens is 2. The summed E-state index contributed by atoms with van der Waals surface area (Å²) in [5.41, 5.74) is 3.41. The molecular weight excluding hydrogens is 186 g/mol. The molecule has 15 heavy (non-hydrogen) atoms. The lowest BCUT2D eigenvalue weighted by molar-refractivity contribution is 1.25. The quantitative estimate of drug-likeness (QED) is 0.701. The number of hydrogen-bond acceptors (Lipinski definition) is 3. The van der Waals surface area contributed by atoms with Crippen molar-refractivity contribution in [3.8, 4) is 17.3 Å². The van der Waals surface area contributed by atoms with Crippen LogP contribution in [0.5, 0.6) is 0 Å². The highest BCUT2D eigenvalue weighted by atomic mass is 14.7. The maximum Gasteiger partial charge on any atom is 0.101 e. The van der Waals surface area contributed by atoms with E-state index < -0.39 is 0 Å². The van der Waals surface area contributed by atoms with E-state index in [2.05, 4.69) is 16.0 Å². The van der Waals surface area contributed by atoms with E-state index in [1.165, 1.54) is 0 Å². The molecule has 3 heteroatoms. The highest BCUT2D eigenvalue weighted by Crippen LogP contribution is 2.17. The second-order valence-electron chi connectivity index (χ2n) is 3.29. The van der Waals surface area contributed by atoms with Crippen LogP contribution < -0.4 is 0 Å². The van der Waals surface area contributed by atoms with Crippen molar-refractivity contribution >= 4 is 0 Å². The Morgan fingerprint density at radius 2 is 2.13 bits per heavy atom. The van der Waals surface area contributed by atoms with Crippen LogP contribution in [0.2, 0.25) is 0 Å². The summed E-state index contributed by atoms with van der Waals surface area (Å²) in [6.45, 7) is 2.01. The Bertz CT molecular complexity index is 526. The molecule has 2 aromatic heterocycles. The van der Waals surface area contributed by atoms with Crippen molar-refractivity contribution < 1.29 is 0 Å². The number of aryl methyl sites for hydroxylation is 1. The molecule has 2 aromatic rings. The van der Waals surface area contributed by atoms with Gasteiger partial charge in [0.25, 0.3) is 0 Å². The lowest BCUT2D eigenvalue weighted by Gasteiger charge is -2.01. The standard InChI is InChI=1S/C12H9N3/c1-9-2-3-15-12(4-9)11-5-10(6-13)7-14-8-11/h2-5,7-8H,1H3. The van der Waals surface area contributed by atoms with Gasteiger partial charge in [0.15, 0.2) is 0 Å². The topological polar surface area (TPSA) is 49.6 Å². The molecule has 0 aromatic carbocycles. The Labute approximate surface area is 88.1 Å². The fourth-order valence-electron chi connectivity index (χ4n) is 1.34. The molecule has 0 saturated carbocycles. The summed E-state index contributed by atoms with van der Waals surface area (Å²) in [5, 5.41) is 8.75. The van der Waals surface area contributed by atoms with Crippen molar-refractivity contribution in [3.63, 3.8) is 0 Å². The molecule has 0 unspecified atom stereocenters. The Morgan fingerprint density at radius 1 is 1.27 bits per heavy atom. The van der Waals surface area contributed by atoms with Gasteiger partial charge < -0.3 is 0 Å². The lowest BCUT2D eigenvalue weighted by Crippen LogP contribution is -1.87. The van der Waals surface area contributed by atoms with E-state index in [0.717, 1.165) is 16.8 Å². The molecule has 0 atom stereocenters. The number of pyridine rings is 2. The van der Waals surface area contributed by atoms with Crippen molar-refractivity contribution in [2.45, 2.75) is 6.92 Å². The molecule has 0 aliphatic carbocycles. The number of hydrogen-bond donors (Lipinski definition) is 0. The SMILES string of the molecule is Cc1ccnc(-c2cncc(C#N)c2)c1. The zero-order valence-corrected chi connectivity index (χ0v) is 8.31. The summed E-state index contributed by atoms with van der Waals surface area (Å²) in [5.74, 6) is 0. The van der Waals surface area contributed by atoms with Crippen LogP contribution in [0.1, 0.15) is 11.1 Å². The van der Waals surface area contributed by atoms with Crippen molar-refractivity contribution in [3.05, 3.63) is 47.9 Å². The van der Waals surface area contributed by atoms with E-state index in [9.17, 15) is 0 Å². The lowest BCUT2D eigenvalue weighted by atomic mass is 10.1. The minimum Gasteiger partial charge on any atom is -0.263 e. The molecule has 0 saturated heterocycles. The van der Waals surface area contributed by atoms with Gasteiger partial charge in [-0.3, -0.25) is 9.97 Å². The van der Waals surface area contributed by atoms with Crippen molar-refractivity contribution in [1.82, 2.24) is 9.97 Å². The summed E-state index contributed by atoms with van der Waals surface area (Å²) in [4.78, 5) is 8.23. The fraction of sp³-hybridized carbons (Fsp3) is 0.0833. The van der Waals surface area contributed by atoms with Gasteiger partial charge in [0.05, 0.1) is 11.3 Å². The van der Waals surface area contributed by atoms with Gasteiger partial charge in [-0.05, 0) is 30.7 Å². The predicted molar refractivity (Wildman–Crippen MR) is 56.9 cm³/mol. The number of nitrogens with zero attached hydrogens (tertiary/aromatic N) is 3. The van der Waals surface area contributed by atoms with Gasteiger partial charge in [0.1, 0.15) is 6.07 Å². The van der Waals surface area contributed by atoms with Crippen molar-refractivity contribution in [2.24, 2.45) is 0 Å². The Hall–Kier alpha value is -2.21. The molecule has 0 amide bonds. The smallest absolute Gasteiger partial charge is 0.101 e. The van der Waals surface area contributed by atoms with Gasteiger partial charge in [-0.2, -0.15) is 5.26 Å². The fourth-order valence-corrected chi connectivity index (χ4v) is 1.34. The number of rotatable bonds is 1. The van der Waals surface area contributed by atoms with E-state index in [4.69, 9.17) is 5.26 Å². The first-order valence-corrected chi connectivity index (χ1v) is 4.58. The Balaban J connectivity index is 2.50. The highest BCUT2D eigenvalue weighted by Gasteiger charge is 2.00. The summed E-state index contributed by atoms with van der Waals surface area (Å²) in [6, 6.07) is 7.75. The molecule has 0 spiro atoms. The minimum absolute atomic E-state index is 0.552. The van der Waals surface area contributed by atoms with Crippen LogP contribution in [0.3, 0.4) is 0 Å². The molecule has 0 fully saturated rings. The third-order valence-electron chi connectivity index (χ3n) is 2.08. The van der Waals surface area contributed by atoms with Crippen LogP contribution in [0, 0.1) is 18.3 Å². The van der Waals surface area contributed by atoms with Gasteiger partial charge in [-0.25, -0.2) is 0 Å². The largest absolute Gasteiger partial charge is 0.263 e. The van der Waals surface area contributed by atoms with E-state index in [0.29, 0.717) is 5.56 Å². The summed E-state index contributed by atoms with van der Waals surface area (Å²) >= 11 is 0. The Morgan fingerprint density at radius 3 is 2.87 bits per heavy atom. The van der Waals surface area contributed by atoms with Crippen LogP contribution in [0.15, 0.2) is 36.8 Å². The molecule has 0 N–H and O–H groups in total. The first-order chi connectivity index (χ1) is 7.29. The molecule has 0 radical (unpaired) electrons. The van der Waals surface area contributed by atoms with E-state index in [-0.39, 0.29) is 0 Å². The summed E-state index contributed by atoms with van der Waals surface area (Å²) in [7, 11) is 0. The van der Waals surface area contributed by atoms with Crippen molar-refractivity contribution in [2.75, 3.05) is 0 Å². The van der Waals surface area contributed by atoms with Crippen LogP contribution in [-0.2, 0) is 0 Å². The van der Waals surface area contributed by atoms with Gasteiger partial charge >= 0.3 is 0 Å². The third kappa shape index (κ3) is 2.00. The van der Waals surface area contributed by atoms with E-state index in [1.807, 2.05) is 19.1 Å². The predicted octanol–water partition coefficient (Wildman–Crippen LogP) is 2.32. The van der Waals surface area contributed by atoms with Crippen molar-refractivity contribution in [1.29, 1.82) is 5.26 Å². The maximum absolute atomic E-state index is 8.75. The molecule has 0 aliphatic heterocycles. The van der Waals surface area contributed by atoms with E-state index >= 15 is 0 Å². The van der Waals surface area contributed by atoms with Crippen LogP contribution >= 0.6 is 0 Å². The van der Waals surface area contributed by atoms with Gasteiger partial charge in [-0.1, -0.05) is 0 Å². The first-order valence-electron chi connectivity index (χ1n) is 4.58. The monoisotopic (exact) mass is 195 g/mol. The molecule has 2 heterocycles. The summed E-state index contributed by atoms with van der Waals surface area (Å²) in [6.07, 6.45) is 5.01. The maximum atomic E-state index is 8.75. The summed E-state index contributed by atoms with van der Waals surface area (Å²) < 4.78 is 0. The average molecular weight is 195 g/mol. The molecule has 72 valence electrons. The molecular formula is C12H9N3. The Kier molecular flexibility index (Phi) is 2.42. The van der Waals surface area contributed by atoms with E-state index in [1.54, 1.807) is 24.7 Å². The molecule has 0 aliphatic rings. The molecule has 0 bridgehead atoms. The molecule has 2 rings (SSSR count). The molecule has 3 nitrogen and oxygen atoms in total.